The largest absolute Gasteiger partial charge is 0.409 e. The van der Waals surface area contributed by atoms with Crippen molar-refractivity contribution in [2.45, 2.75) is 53.0 Å². The number of nitrogens with two attached hydrogens (primary N) is 1. The van der Waals surface area contributed by atoms with E-state index >= 15 is 0 Å². The zero-order valence-electron chi connectivity index (χ0n) is 11.8. The van der Waals surface area contributed by atoms with Crippen LogP contribution in [-0.4, -0.2) is 34.4 Å². The van der Waals surface area contributed by atoms with Gasteiger partial charge in [0.05, 0.1) is 0 Å². The summed E-state index contributed by atoms with van der Waals surface area (Å²) in [7, 11) is 0. The molecule has 1 aliphatic heterocycles. The maximum atomic E-state index is 12.6. The van der Waals surface area contributed by atoms with Gasteiger partial charge in [0.25, 0.3) is 0 Å². The lowest BCUT2D eigenvalue weighted by Gasteiger charge is -2.41. The van der Waals surface area contributed by atoms with Crippen LogP contribution in [0.15, 0.2) is 5.16 Å². The molecule has 0 aliphatic carbocycles. The molecule has 1 fully saturated rings. The number of carbonyl (C=O) groups is 1. The lowest BCUT2D eigenvalue weighted by molar-refractivity contribution is -0.142. The second-order valence-electron chi connectivity index (χ2n) is 5.65. The van der Waals surface area contributed by atoms with Gasteiger partial charge in [-0.15, -0.1) is 0 Å². The number of nitrogens with zero attached hydrogens (tertiary/aromatic N) is 2. The average Bonchev–Trinajstić information content (AvgIpc) is 2.36. The Morgan fingerprint density at radius 2 is 2.17 bits per heavy atom. The van der Waals surface area contributed by atoms with E-state index in [0.717, 1.165) is 19.4 Å². The van der Waals surface area contributed by atoms with Crippen molar-refractivity contribution in [1.82, 2.24) is 4.90 Å². The van der Waals surface area contributed by atoms with E-state index in [9.17, 15) is 4.79 Å². The van der Waals surface area contributed by atoms with Gasteiger partial charge in [-0.3, -0.25) is 4.79 Å². The van der Waals surface area contributed by atoms with Gasteiger partial charge in [0.15, 0.2) is 5.84 Å². The molecule has 1 saturated heterocycles. The van der Waals surface area contributed by atoms with Gasteiger partial charge in [0.1, 0.15) is 5.41 Å². The normalized spacial score (nSPS) is 28.9. The van der Waals surface area contributed by atoms with Gasteiger partial charge in [-0.05, 0) is 39.0 Å². The zero-order valence-corrected chi connectivity index (χ0v) is 11.8. The van der Waals surface area contributed by atoms with Gasteiger partial charge in [-0.2, -0.15) is 0 Å². The van der Waals surface area contributed by atoms with Crippen LogP contribution in [0.1, 0.15) is 47.0 Å². The molecule has 1 aliphatic rings. The Kier molecular flexibility index (Phi) is 4.59. The SMILES string of the molecule is CCC(C)(C(=O)N1CCC(C)CC1C)C(N)=NO. The first-order valence-electron chi connectivity index (χ1n) is 6.65. The second-order valence-corrected chi connectivity index (χ2v) is 5.65. The molecule has 5 nitrogen and oxygen atoms in total. The van der Waals surface area contributed by atoms with Crippen LogP contribution in [-0.2, 0) is 4.79 Å². The third kappa shape index (κ3) is 2.60. The molecule has 0 aromatic carbocycles. The minimum Gasteiger partial charge on any atom is -0.409 e. The third-order valence-corrected chi connectivity index (χ3v) is 4.25. The van der Waals surface area contributed by atoms with E-state index in [4.69, 9.17) is 10.9 Å². The number of likely N-dealkylation sites (tertiary alicyclic amines) is 1. The van der Waals surface area contributed by atoms with E-state index in [-0.39, 0.29) is 17.8 Å². The monoisotopic (exact) mass is 255 g/mol. The molecule has 3 N–H and O–H groups in total. The number of hydrogen-bond acceptors (Lipinski definition) is 3. The Morgan fingerprint density at radius 3 is 2.61 bits per heavy atom. The van der Waals surface area contributed by atoms with Gasteiger partial charge in [-0.1, -0.05) is 19.0 Å². The topological polar surface area (TPSA) is 78.9 Å². The molecule has 0 radical (unpaired) electrons. The molecule has 0 bridgehead atoms. The fourth-order valence-corrected chi connectivity index (χ4v) is 2.58. The van der Waals surface area contributed by atoms with Crippen molar-refractivity contribution in [3.05, 3.63) is 0 Å². The molecule has 104 valence electrons. The minimum absolute atomic E-state index is 0.000761. The van der Waals surface area contributed by atoms with Gasteiger partial charge in [0, 0.05) is 12.6 Å². The first-order chi connectivity index (χ1) is 8.36. The number of piperidine rings is 1. The number of hydrogen-bond donors (Lipinski definition) is 2. The molecule has 1 amide bonds. The van der Waals surface area contributed by atoms with E-state index < -0.39 is 5.41 Å². The molecule has 0 aromatic rings. The van der Waals surface area contributed by atoms with Crippen LogP contribution in [0.25, 0.3) is 0 Å². The summed E-state index contributed by atoms with van der Waals surface area (Å²) in [5.41, 5.74) is 4.80. The predicted octanol–water partition coefficient (Wildman–Crippen LogP) is 1.80. The number of amides is 1. The highest BCUT2D eigenvalue weighted by atomic mass is 16.4. The van der Waals surface area contributed by atoms with Crippen LogP contribution in [0.2, 0.25) is 0 Å². The van der Waals surface area contributed by atoms with E-state index in [1.54, 1.807) is 6.92 Å². The summed E-state index contributed by atoms with van der Waals surface area (Å²) in [6.07, 6.45) is 2.56. The fourth-order valence-electron chi connectivity index (χ4n) is 2.58. The van der Waals surface area contributed by atoms with Crippen molar-refractivity contribution in [3.8, 4) is 0 Å². The van der Waals surface area contributed by atoms with E-state index in [1.165, 1.54) is 0 Å². The van der Waals surface area contributed by atoms with Crippen molar-refractivity contribution in [1.29, 1.82) is 0 Å². The summed E-state index contributed by atoms with van der Waals surface area (Å²) in [4.78, 5) is 14.5. The molecule has 3 unspecified atom stereocenters. The van der Waals surface area contributed by atoms with E-state index in [1.807, 2.05) is 11.8 Å². The first kappa shape index (κ1) is 14.8. The Hall–Kier alpha value is -1.26. The summed E-state index contributed by atoms with van der Waals surface area (Å²) in [5, 5.41) is 11.9. The van der Waals surface area contributed by atoms with Crippen LogP contribution >= 0.6 is 0 Å². The highest BCUT2D eigenvalue weighted by Crippen LogP contribution is 2.30. The van der Waals surface area contributed by atoms with Gasteiger partial charge < -0.3 is 15.8 Å². The zero-order chi connectivity index (χ0) is 13.9. The first-order valence-corrected chi connectivity index (χ1v) is 6.65. The number of rotatable bonds is 3. The van der Waals surface area contributed by atoms with Gasteiger partial charge in [0.2, 0.25) is 5.91 Å². The molecule has 0 aromatic heterocycles. The van der Waals surface area contributed by atoms with Crippen molar-refractivity contribution in [2.24, 2.45) is 22.2 Å². The van der Waals surface area contributed by atoms with E-state index in [2.05, 4.69) is 19.0 Å². The fraction of sp³-hybridized carbons (Fsp3) is 0.846. The molecule has 3 atom stereocenters. The van der Waals surface area contributed by atoms with Crippen LogP contribution in [0.4, 0.5) is 0 Å². The molecule has 5 heteroatoms. The standard InChI is InChI=1S/C13H25N3O2/c1-5-13(4,11(14)15-18)12(17)16-7-6-9(2)8-10(16)3/h9-10,18H,5-8H2,1-4H3,(H2,14,15). The van der Waals surface area contributed by atoms with Crippen molar-refractivity contribution in [3.63, 3.8) is 0 Å². The Labute approximate surface area is 109 Å². The molecular formula is C13H25N3O2. The van der Waals surface area contributed by atoms with Gasteiger partial charge in [-0.25, -0.2) is 0 Å². The summed E-state index contributed by atoms with van der Waals surface area (Å²) in [6, 6.07) is 0.221. The summed E-state index contributed by atoms with van der Waals surface area (Å²) < 4.78 is 0. The van der Waals surface area contributed by atoms with E-state index in [0.29, 0.717) is 12.3 Å². The van der Waals surface area contributed by atoms with Crippen molar-refractivity contribution >= 4 is 11.7 Å². The Bertz CT molecular complexity index is 343. The number of oxime groups is 1. The van der Waals surface area contributed by atoms with Gasteiger partial charge >= 0.3 is 0 Å². The van der Waals surface area contributed by atoms with Crippen LogP contribution in [0.5, 0.6) is 0 Å². The van der Waals surface area contributed by atoms with Crippen molar-refractivity contribution < 1.29 is 10.0 Å². The molecular weight excluding hydrogens is 230 g/mol. The maximum Gasteiger partial charge on any atom is 0.236 e. The summed E-state index contributed by atoms with van der Waals surface area (Å²) in [6.45, 7) is 8.66. The highest BCUT2D eigenvalue weighted by molar-refractivity contribution is 6.06. The second kappa shape index (κ2) is 5.59. The quantitative estimate of drug-likeness (QED) is 0.349. The van der Waals surface area contributed by atoms with Crippen LogP contribution < -0.4 is 5.73 Å². The highest BCUT2D eigenvalue weighted by Gasteiger charge is 2.41. The maximum absolute atomic E-state index is 12.6. The van der Waals surface area contributed by atoms with Crippen LogP contribution in [0.3, 0.4) is 0 Å². The molecule has 1 rings (SSSR count). The van der Waals surface area contributed by atoms with Crippen LogP contribution in [0, 0.1) is 11.3 Å². The average molecular weight is 255 g/mol. The summed E-state index contributed by atoms with van der Waals surface area (Å²) in [5.74, 6) is 0.626. The molecule has 0 saturated carbocycles. The summed E-state index contributed by atoms with van der Waals surface area (Å²) >= 11 is 0. The predicted molar refractivity (Wildman–Crippen MR) is 71.4 cm³/mol. The number of carbonyl (C=O) groups excluding carboxylic acids is 1. The number of amidine groups is 1. The minimum atomic E-state index is -0.899. The van der Waals surface area contributed by atoms with Crippen molar-refractivity contribution in [2.75, 3.05) is 6.54 Å². The smallest absolute Gasteiger partial charge is 0.236 e. The molecule has 18 heavy (non-hydrogen) atoms. The molecule has 1 heterocycles. The molecule has 0 spiro atoms. The lowest BCUT2D eigenvalue weighted by Crippen LogP contribution is -2.54. The lowest BCUT2D eigenvalue weighted by atomic mass is 9.82. The third-order valence-electron chi connectivity index (χ3n) is 4.25. The Balaban J connectivity index is 2.91. The Morgan fingerprint density at radius 1 is 1.56 bits per heavy atom.